The molecular weight excluding hydrogens is 222 g/mol. The number of nitrogens with one attached hydrogen (secondary N) is 1. The Balaban J connectivity index is 1.65. The highest BCUT2D eigenvalue weighted by Gasteiger charge is 2.53. The highest BCUT2D eigenvalue weighted by Crippen LogP contribution is 2.60. The summed E-state index contributed by atoms with van der Waals surface area (Å²) in [4.78, 5) is 0. The Morgan fingerprint density at radius 2 is 1.94 bits per heavy atom. The molecule has 0 saturated heterocycles. The van der Waals surface area contributed by atoms with Crippen molar-refractivity contribution in [3.8, 4) is 0 Å². The van der Waals surface area contributed by atoms with Crippen LogP contribution in [-0.4, -0.2) is 32.5 Å². The van der Waals surface area contributed by atoms with Crippen LogP contribution in [0.4, 0.5) is 0 Å². The van der Waals surface area contributed by atoms with Gasteiger partial charge in [-0.15, -0.1) is 0 Å². The zero-order valence-electron chi connectivity index (χ0n) is 10.3. The summed E-state index contributed by atoms with van der Waals surface area (Å²) in [6.07, 6.45) is 5.49. The van der Waals surface area contributed by atoms with Gasteiger partial charge in [-0.05, 0) is 50.9 Å². The molecule has 0 unspecified atom stereocenters. The molecule has 0 aliphatic heterocycles. The van der Waals surface area contributed by atoms with Crippen molar-refractivity contribution in [1.29, 1.82) is 0 Å². The lowest BCUT2D eigenvalue weighted by Crippen LogP contribution is -2.31. The van der Waals surface area contributed by atoms with Gasteiger partial charge in [-0.1, -0.05) is 0 Å². The molecule has 0 amide bonds. The first-order valence-electron chi connectivity index (χ1n) is 6.39. The molecule has 2 aliphatic rings. The van der Waals surface area contributed by atoms with Gasteiger partial charge in [0.2, 0.25) is 0 Å². The van der Waals surface area contributed by atoms with Crippen molar-refractivity contribution in [3.63, 3.8) is 0 Å². The number of hydrogen-bond donors (Lipinski definition) is 1. The summed E-state index contributed by atoms with van der Waals surface area (Å²) in [6.45, 7) is 5.16. The van der Waals surface area contributed by atoms with E-state index in [0.717, 1.165) is 12.5 Å². The summed E-state index contributed by atoms with van der Waals surface area (Å²) in [6, 6.07) is 0. The van der Waals surface area contributed by atoms with Crippen molar-refractivity contribution in [2.45, 2.75) is 44.8 Å². The predicted molar refractivity (Wildman–Crippen MR) is 66.2 cm³/mol. The van der Waals surface area contributed by atoms with E-state index in [9.17, 15) is 8.42 Å². The Hall–Kier alpha value is -0.0900. The summed E-state index contributed by atoms with van der Waals surface area (Å²) >= 11 is 0. The van der Waals surface area contributed by atoms with Gasteiger partial charge in [0.05, 0.1) is 11.0 Å². The summed E-state index contributed by atoms with van der Waals surface area (Å²) in [5.41, 5.74) is 0.571. The number of hydrogen-bond acceptors (Lipinski definition) is 3. The molecule has 0 aromatic rings. The van der Waals surface area contributed by atoms with E-state index in [2.05, 4.69) is 5.32 Å². The molecule has 0 radical (unpaired) electrons. The summed E-state index contributed by atoms with van der Waals surface area (Å²) in [5, 5.41) is 3.10. The third kappa shape index (κ3) is 2.77. The van der Waals surface area contributed by atoms with Gasteiger partial charge in [0, 0.05) is 13.1 Å². The Kier molecular flexibility index (Phi) is 3.32. The summed E-state index contributed by atoms with van der Waals surface area (Å²) in [5.74, 6) is 1.23. The minimum Gasteiger partial charge on any atom is -0.315 e. The highest BCUT2D eigenvalue weighted by atomic mass is 32.2. The van der Waals surface area contributed by atoms with Crippen LogP contribution in [0.5, 0.6) is 0 Å². The highest BCUT2D eigenvalue weighted by molar-refractivity contribution is 7.92. The standard InChI is InChI=1S/C12H23NO2S/c1-10(2)16(14,15)8-7-13-9-12(5-6-12)11-3-4-11/h10-11,13H,3-9H2,1-2H3. The van der Waals surface area contributed by atoms with Crippen LogP contribution in [0.3, 0.4) is 0 Å². The van der Waals surface area contributed by atoms with E-state index in [-0.39, 0.29) is 11.0 Å². The quantitative estimate of drug-likeness (QED) is 0.693. The number of sulfone groups is 1. The fraction of sp³-hybridized carbons (Fsp3) is 1.00. The summed E-state index contributed by atoms with van der Waals surface area (Å²) in [7, 11) is -2.86. The first-order valence-corrected chi connectivity index (χ1v) is 8.10. The smallest absolute Gasteiger partial charge is 0.153 e. The molecule has 3 nitrogen and oxygen atoms in total. The molecule has 2 fully saturated rings. The minimum atomic E-state index is -2.86. The average Bonchev–Trinajstić information content (AvgIpc) is 3.02. The van der Waals surface area contributed by atoms with Gasteiger partial charge in [-0.25, -0.2) is 8.42 Å². The van der Waals surface area contributed by atoms with E-state index in [0.29, 0.717) is 12.0 Å². The van der Waals surface area contributed by atoms with Crippen molar-refractivity contribution >= 4 is 9.84 Å². The Morgan fingerprint density at radius 3 is 2.38 bits per heavy atom. The fourth-order valence-electron chi connectivity index (χ4n) is 2.37. The van der Waals surface area contributed by atoms with Crippen LogP contribution >= 0.6 is 0 Å². The van der Waals surface area contributed by atoms with E-state index in [4.69, 9.17) is 0 Å². The van der Waals surface area contributed by atoms with Gasteiger partial charge in [-0.3, -0.25) is 0 Å². The van der Waals surface area contributed by atoms with Crippen molar-refractivity contribution in [3.05, 3.63) is 0 Å². The van der Waals surface area contributed by atoms with Crippen molar-refractivity contribution in [2.75, 3.05) is 18.8 Å². The second-order valence-electron chi connectivity index (χ2n) is 5.73. The maximum atomic E-state index is 11.6. The van der Waals surface area contributed by atoms with Crippen LogP contribution in [-0.2, 0) is 9.84 Å². The van der Waals surface area contributed by atoms with E-state index < -0.39 is 9.84 Å². The molecule has 0 aromatic carbocycles. The zero-order chi connectivity index (χ0) is 11.8. The molecule has 0 bridgehead atoms. The molecule has 2 rings (SSSR count). The monoisotopic (exact) mass is 245 g/mol. The lowest BCUT2D eigenvalue weighted by molar-refractivity contribution is 0.409. The Bertz CT molecular complexity index is 340. The first kappa shape index (κ1) is 12.4. The van der Waals surface area contributed by atoms with Gasteiger partial charge in [0.15, 0.2) is 9.84 Å². The van der Waals surface area contributed by atoms with Crippen molar-refractivity contribution < 1.29 is 8.42 Å². The largest absolute Gasteiger partial charge is 0.315 e. The van der Waals surface area contributed by atoms with Gasteiger partial charge in [0.1, 0.15) is 0 Å². The molecule has 2 aliphatic carbocycles. The second-order valence-corrected chi connectivity index (χ2v) is 8.41. The molecule has 16 heavy (non-hydrogen) atoms. The van der Waals surface area contributed by atoms with Crippen molar-refractivity contribution in [1.82, 2.24) is 5.32 Å². The van der Waals surface area contributed by atoms with E-state index in [1.807, 2.05) is 0 Å². The van der Waals surface area contributed by atoms with Gasteiger partial charge in [0.25, 0.3) is 0 Å². The van der Waals surface area contributed by atoms with E-state index in [1.54, 1.807) is 13.8 Å². The minimum absolute atomic E-state index is 0.243. The second kappa shape index (κ2) is 4.30. The third-order valence-electron chi connectivity index (χ3n) is 4.09. The zero-order valence-corrected chi connectivity index (χ0v) is 11.1. The third-order valence-corrected chi connectivity index (χ3v) is 6.30. The topological polar surface area (TPSA) is 46.2 Å². The molecular formula is C12H23NO2S. The van der Waals surface area contributed by atoms with Gasteiger partial charge in [-0.2, -0.15) is 0 Å². The lowest BCUT2D eigenvalue weighted by atomic mass is 10.0. The van der Waals surface area contributed by atoms with Crippen LogP contribution in [0.1, 0.15) is 39.5 Å². The van der Waals surface area contributed by atoms with Crippen LogP contribution < -0.4 is 5.32 Å². The van der Waals surface area contributed by atoms with Gasteiger partial charge < -0.3 is 5.32 Å². The predicted octanol–water partition coefficient (Wildman–Crippen LogP) is 1.59. The summed E-state index contributed by atoms with van der Waals surface area (Å²) < 4.78 is 23.2. The van der Waals surface area contributed by atoms with Crippen LogP contribution in [0.25, 0.3) is 0 Å². The fourth-order valence-corrected chi connectivity index (χ4v) is 3.27. The molecule has 1 N–H and O–H groups in total. The molecule has 0 heterocycles. The SMILES string of the molecule is CC(C)S(=O)(=O)CCNCC1(C2CC2)CC1. The normalized spacial score (nSPS) is 23.7. The Morgan fingerprint density at radius 1 is 1.31 bits per heavy atom. The van der Waals surface area contributed by atoms with Crippen LogP contribution in [0.15, 0.2) is 0 Å². The van der Waals surface area contributed by atoms with E-state index in [1.165, 1.54) is 25.7 Å². The Labute approximate surface area is 98.9 Å². The van der Waals surface area contributed by atoms with Crippen molar-refractivity contribution in [2.24, 2.45) is 11.3 Å². The molecule has 0 aromatic heterocycles. The average molecular weight is 245 g/mol. The maximum absolute atomic E-state index is 11.6. The maximum Gasteiger partial charge on any atom is 0.153 e. The van der Waals surface area contributed by atoms with Crippen LogP contribution in [0.2, 0.25) is 0 Å². The lowest BCUT2D eigenvalue weighted by Gasteiger charge is -2.15. The van der Waals surface area contributed by atoms with E-state index >= 15 is 0 Å². The molecule has 94 valence electrons. The molecule has 0 spiro atoms. The first-order chi connectivity index (χ1) is 7.46. The van der Waals surface area contributed by atoms with Gasteiger partial charge >= 0.3 is 0 Å². The molecule has 4 heteroatoms. The molecule has 2 saturated carbocycles. The number of rotatable bonds is 7. The molecule has 0 atom stereocenters. The van der Waals surface area contributed by atoms with Crippen LogP contribution in [0, 0.1) is 11.3 Å².